The topological polar surface area (TPSA) is 85.9 Å². The maximum atomic E-state index is 12.7. The van der Waals surface area contributed by atoms with Crippen molar-refractivity contribution in [2.75, 3.05) is 26.1 Å². The monoisotopic (exact) mass is 476 g/mol. The SMILES string of the molecule is COc1ccccc1NC(=O)COc1ccc(C(=O)NCc2csc3ccccc23)cc1OC. The first kappa shape index (κ1) is 23.1. The van der Waals surface area contributed by atoms with Crippen LogP contribution in [0.3, 0.4) is 0 Å². The molecule has 0 radical (unpaired) electrons. The summed E-state index contributed by atoms with van der Waals surface area (Å²) in [6.07, 6.45) is 0. The van der Waals surface area contributed by atoms with Crippen LogP contribution >= 0.6 is 11.3 Å². The van der Waals surface area contributed by atoms with Crippen LogP contribution < -0.4 is 24.8 Å². The minimum atomic E-state index is -0.351. The molecule has 2 amide bonds. The highest BCUT2D eigenvalue weighted by Crippen LogP contribution is 2.29. The van der Waals surface area contributed by atoms with E-state index in [-0.39, 0.29) is 18.4 Å². The molecule has 0 aliphatic heterocycles. The largest absolute Gasteiger partial charge is 0.495 e. The van der Waals surface area contributed by atoms with E-state index in [1.54, 1.807) is 47.7 Å². The van der Waals surface area contributed by atoms with Gasteiger partial charge in [-0.2, -0.15) is 0 Å². The predicted octanol–water partition coefficient (Wildman–Crippen LogP) is 4.87. The Hall–Kier alpha value is -4.04. The number of benzene rings is 3. The van der Waals surface area contributed by atoms with Gasteiger partial charge in [0.2, 0.25) is 0 Å². The van der Waals surface area contributed by atoms with Gasteiger partial charge in [-0.15, -0.1) is 11.3 Å². The smallest absolute Gasteiger partial charge is 0.262 e. The highest BCUT2D eigenvalue weighted by atomic mass is 32.1. The van der Waals surface area contributed by atoms with Crippen molar-refractivity contribution >= 4 is 38.9 Å². The Labute approximate surface area is 201 Å². The van der Waals surface area contributed by atoms with Gasteiger partial charge in [0.25, 0.3) is 11.8 Å². The van der Waals surface area contributed by atoms with Crippen molar-refractivity contribution in [1.29, 1.82) is 0 Å². The fourth-order valence-electron chi connectivity index (χ4n) is 3.45. The van der Waals surface area contributed by atoms with E-state index < -0.39 is 0 Å². The molecule has 1 aromatic heterocycles. The number of nitrogens with one attached hydrogen (secondary N) is 2. The minimum absolute atomic E-state index is 0.228. The fourth-order valence-corrected chi connectivity index (χ4v) is 4.42. The van der Waals surface area contributed by atoms with Gasteiger partial charge in [-0.25, -0.2) is 0 Å². The molecule has 34 heavy (non-hydrogen) atoms. The fraction of sp³-hybridized carbons (Fsp3) is 0.154. The maximum Gasteiger partial charge on any atom is 0.262 e. The summed E-state index contributed by atoms with van der Waals surface area (Å²) in [6, 6.07) is 20.0. The Morgan fingerprint density at radius 2 is 1.65 bits per heavy atom. The van der Waals surface area contributed by atoms with Crippen molar-refractivity contribution in [2.45, 2.75) is 6.54 Å². The minimum Gasteiger partial charge on any atom is -0.495 e. The molecular weight excluding hydrogens is 452 g/mol. The average Bonchev–Trinajstić information content (AvgIpc) is 3.29. The summed E-state index contributed by atoms with van der Waals surface area (Å²) in [6.45, 7) is 0.192. The summed E-state index contributed by atoms with van der Waals surface area (Å²) in [4.78, 5) is 25.0. The van der Waals surface area contributed by atoms with E-state index in [4.69, 9.17) is 14.2 Å². The lowest BCUT2D eigenvalue weighted by atomic mass is 10.1. The summed E-state index contributed by atoms with van der Waals surface area (Å²) in [5, 5.41) is 8.89. The summed E-state index contributed by atoms with van der Waals surface area (Å²) in [7, 11) is 3.02. The first-order valence-electron chi connectivity index (χ1n) is 10.6. The zero-order chi connectivity index (χ0) is 23.9. The summed E-state index contributed by atoms with van der Waals surface area (Å²) < 4.78 is 17.4. The molecule has 174 valence electrons. The third kappa shape index (κ3) is 5.29. The third-order valence-corrected chi connectivity index (χ3v) is 6.18. The van der Waals surface area contributed by atoms with Crippen LogP contribution in [0.5, 0.6) is 17.2 Å². The van der Waals surface area contributed by atoms with Gasteiger partial charge in [0, 0.05) is 16.8 Å². The molecule has 0 fully saturated rings. The average molecular weight is 477 g/mol. The summed E-state index contributed by atoms with van der Waals surface area (Å²) in [5.41, 5.74) is 2.06. The Kier molecular flexibility index (Phi) is 7.29. The van der Waals surface area contributed by atoms with Gasteiger partial charge in [0.15, 0.2) is 18.1 Å². The molecule has 8 heteroatoms. The lowest BCUT2D eigenvalue weighted by Crippen LogP contribution is -2.23. The van der Waals surface area contributed by atoms with Crippen LogP contribution in [0.1, 0.15) is 15.9 Å². The zero-order valence-corrected chi connectivity index (χ0v) is 19.6. The Bertz CT molecular complexity index is 1320. The molecule has 0 saturated heterocycles. The van der Waals surface area contributed by atoms with Crippen molar-refractivity contribution in [3.63, 3.8) is 0 Å². The number of thiophene rings is 1. The zero-order valence-electron chi connectivity index (χ0n) is 18.8. The second-order valence-corrected chi connectivity index (χ2v) is 8.25. The second-order valence-electron chi connectivity index (χ2n) is 7.34. The number of carbonyl (C=O) groups excluding carboxylic acids is 2. The highest BCUT2D eigenvalue weighted by molar-refractivity contribution is 7.17. The van der Waals surface area contributed by atoms with Crippen molar-refractivity contribution in [3.05, 3.63) is 83.2 Å². The number of ether oxygens (including phenoxy) is 3. The molecule has 4 rings (SSSR count). The van der Waals surface area contributed by atoms with Crippen LogP contribution in [0, 0.1) is 0 Å². The van der Waals surface area contributed by atoms with Crippen LogP contribution in [0.25, 0.3) is 10.1 Å². The van der Waals surface area contributed by atoms with Crippen molar-refractivity contribution in [1.82, 2.24) is 5.32 Å². The molecule has 0 atom stereocenters. The van der Waals surface area contributed by atoms with E-state index in [1.807, 2.05) is 24.3 Å². The Morgan fingerprint density at radius 3 is 2.47 bits per heavy atom. The molecule has 2 N–H and O–H groups in total. The van der Waals surface area contributed by atoms with Gasteiger partial charge >= 0.3 is 0 Å². The number of rotatable bonds is 9. The van der Waals surface area contributed by atoms with E-state index in [0.717, 1.165) is 10.9 Å². The number of fused-ring (bicyclic) bond motifs is 1. The summed E-state index contributed by atoms with van der Waals surface area (Å²) >= 11 is 1.65. The molecule has 4 aromatic rings. The highest BCUT2D eigenvalue weighted by Gasteiger charge is 2.14. The van der Waals surface area contributed by atoms with Gasteiger partial charge < -0.3 is 24.8 Å². The van der Waals surface area contributed by atoms with Gasteiger partial charge in [0.05, 0.1) is 19.9 Å². The molecule has 0 unspecified atom stereocenters. The van der Waals surface area contributed by atoms with Crippen molar-refractivity contribution in [3.8, 4) is 17.2 Å². The number of para-hydroxylation sites is 2. The van der Waals surface area contributed by atoms with E-state index >= 15 is 0 Å². The first-order chi connectivity index (χ1) is 16.6. The van der Waals surface area contributed by atoms with Crippen molar-refractivity contribution < 1.29 is 23.8 Å². The summed E-state index contributed by atoms with van der Waals surface area (Å²) in [5.74, 6) is 0.696. The molecule has 3 aromatic carbocycles. The number of hydrogen-bond donors (Lipinski definition) is 2. The molecular formula is C26H24N2O5S. The standard InChI is InChI=1S/C26H24N2O5S/c1-31-21-9-5-4-8-20(21)28-25(29)15-33-22-12-11-17(13-23(22)32-2)26(30)27-14-18-16-34-24-10-6-3-7-19(18)24/h3-13,16H,14-15H2,1-2H3,(H,27,30)(H,28,29). The number of anilines is 1. The molecule has 1 heterocycles. The van der Waals surface area contributed by atoms with Crippen LogP contribution in [-0.2, 0) is 11.3 Å². The first-order valence-corrected chi connectivity index (χ1v) is 11.4. The third-order valence-electron chi connectivity index (χ3n) is 5.17. The van der Waals surface area contributed by atoms with E-state index in [0.29, 0.717) is 35.0 Å². The number of hydrogen-bond acceptors (Lipinski definition) is 6. The molecule has 0 aliphatic rings. The van der Waals surface area contributed by atoms with Gasteiger partial charge in [-0.05, 0) is 52.7 Å². The molecule has 0 aliphatic carbocycles. The number of carbonyl (C=O) groups is 2. The van der Waals surface area contributed by atoms with Crippen molar-refractivity contribution in [2.24, 2.45) is 0 Å². The molecule has 0 bridgehead atoms. The number of methoxy groups -OCH3 is 2. The van der Waals surface area contributed by atoms with Crippen LogP contribution in [0.4, 0.5) is 5.69 Å². The Morgan fingerprint density at radius 1 is 0.882 bits per heavy atom. The van der Waals surface area contributed by atoms with E-state index in [1.165, 1.54) is 18.9 Å². The molecule has 0 saturated carbocycles. The van der Waals surface area contributed by atoms with Gasteiger partial charge in [-0.3, -0.25) is 9.59 Å². The lowest BCUT2D eigenvalue weighted by molar-refractivity contribution is -0.118. The lowest BCUT2D eigenvalue weighted by Gasteiger charge is -2.13. The normalized spacial score (nSPS) is 10.5. The molecule has 7 nitrogen and oxygen atoms in total. The number of amides is 2. The quantitative estimate of drug-likeness (QED) is 0.360. The van der Waals surface area contributed by atoms with Gasteiger partial charge in [-0.1, -0.05) is 30.3 Å². The predicted molar refractivity (Wildman–Crippen MR) is 133 cm³/mol. The van der Waals surface area contributed by atoms with Crippen LogP contribution in [0.2, 0.25) is 0 Å². The maximum absolute atomic E-state index is 12.7. The van der Waals surface area contributed by atoms with Crippen LogP contribution in [-0.4, -0.2) is 32.6 Å². The second kappa shape index (κ2) is 10.7. The van der Waals surface area contributed by atoms with E-state index in [2.05, 4.69) is 22.1 Å². The van der Waals surface area contributed by atoms with Crippen LogP contribution in [0.15, 0.2) is 72.1 Å². The molecule has 0 spiro atoms. The Balaban J connectivity index is 1.37. The van der Waals surface area contributed by atoms with E-state index in [9.17, 15) is 9.59 Å². The van der Waals surface area contributed by atoms with Gasteiger partial charge in [0.1, 0.15) is 5.75 Å².